The van der Waals surface area contributed by atoms with Crippen molar-refractivity contribution in [2.75, 3.05) is 19.8 Å². The van der Waals surface area contributed by atoms with Crippen LogP contribution in [0.2, 0.25) is 6.04 Å². The van der Waals surface area contributed by atoms with Gasteiger partial charge >= 0.3 is 8.80 Å². The SMILES string of the molecule is CCCO[Si](CC(C)C)(OCCC)OCCC. The molecule has 0 saturated carbocycles. The van der Waals surface area contributed by atoms with E-state index in [2.05, 4.69) is 34.6 Å². The molecule has 0 aliphatic carbocycles. The van der Waals surface area contributed by atoms with Crippen LogP contribution in [0.15, 0.2) is 0 Å². The molecule has 0 aromatic heterocycles. The highest BCUT2D eigenvalue weighted by Gasteiger charge is 2.41. The van der Waals surface area contributed by atoms with Crippen molar-refractivity contribution < 1.29 is 13.3 Å². The van der Waals surface area contributed by atoms with Crippen molar-refractivity contribution in [3.63, 3.8) is 0 Å². The molecule has 0 rings (SSSR count). The molecule has 0 aromatic rings. The Labute approximate surface area is 108 Å². The van der Waals surface area contributed by atoms with Crippen LogP contribution in [-0.4, -0.2) is 28.6 Å². The normalized spacial score (nSPS) is 12.4. The van der Waals surface area contributed by atoms with Gasteiger partial charge in [-0.1, -0.05) is 34.6 Å². The van der Waals surface area contributed by atoms with E-state index >= 15 is 0 Å². The molecule has 0 atom stereocenters. The van der Waals surface area contributed by atoms with Gasteiger partial charge in [-0.15, -0.1) is 0 Å². The Hall–Kier alpha value is 0.0969. The summed E-state index contributed by atoms with van der Waals surface area (Å²) in [6.45, 7) is 13.0. The van der Waals surface area contributed by atoms with Crippen molar-refractivity contribution >= 4 is 8.80 Å². The van der Waals surface area contributed by atoms with E-state index in [9.17, 15) is 0 Å². The van der Waals surface area contributed by atoms with Crippen molar-refractivity contribution in [3.8, 4) is 0 Å². The quantitative estimate of drug-likeness (QED) is 0.529. The first-order valence-corrected chi connectivity index (χ1v) is 8.95. The van der Waals surface area contributed by atoms with Gasteiger partial charge in [0.2, 0.25) is 0 Å². The van der Waals surface area contributed by atoms with E-state index in [4.69, 9.17) is 13.3 Å². The predicted octanol–water partition coefficient (Wildman–Crippen LogP) is 3.86. The Bertz CT molecular complexity index is 152. The molecule has 0 unspecified atom stereocenters. The molecule has 0 amide bonds. The first kappa shape index (κ1) is 17.1. The van der Waals surface area contributed by atoms with E-state index in [1.807, 2.05) is 0 Å². The van der Waals surface area contributed by atoms with Crippen LogP contribution in [0.25, 0.3) is 0 Å². The summed E-state index contributed by atoms with van der Waals surface area (Å²) in [7, 11) is -2.42. The zero-order valence-electron chi connectivity index (χ0n) is 12.3. The molecule has 0 N–H and O–H groups in total. The molecule has 0 spiro atoms. The van der Waals surface area contributed by atoms with Crippen molar-refractivity contribution in [2.45, 2.75) is 59.9 Å². The summed E-state index contributed by atoms with van der Waals surface area (Å²) in [6, 6.07) is 0.924. The highest BCUT2D eigenvalue weighted by atomic mass is 28.4. The highest BCUT2D eigenvalue weighted by Crippen LogP contribution is 2.22. The zero-order chi connectivity index (χ0) is 13.1. The fourth-order valence-corrected chi connectivity index (χ4v) is 4.72. The van der Waals surface area contributed by atoms with Crippen molar-refractivity contribution in [1.29, 1.82) is 0 Å². The van der Waals surface area contributed by atoms with E-state index in [-0.39, 0.29) is 0 Å². The molecule has 0 aliphatic rings. The number of rotatable bonds is 11. The lowest BCUT2D eigenvalue weighted by atomic mass is 10.3. The second kappa shape index (κ2) is 10.1. The molecule has 0 bridgehead atoms. The average Bonchev–Trinajstić information content (AvgIpc) is 2.30. The third-order valence-electron chi connectivity index (χ3n) is 2.24. The zero-order valence-corrected chi connectivity index (χ0v) is 13.3. The van der Waals surface area contributed by atoms with E-state index in [0.29, 0.717) is 5.92 Å². The van der Waals surface area contributed by atoms with E-state index in [0.717, 1.165) is 45.1 Å². The van der Waals surface area contributed by atoms with Gasteiger partial charge in [-0.3, -0.25) is 0 Å². The standard InChI is InChI=1S/C13H30O3Si/c1-6-9-14-17(12-13(4)5,15-10-7-2)16-11-8-3/h13H,6-12H2,1-5H3. The topological polar surface area (TPSA) is 27.7 Å². The molecule has 0 saturated heterocycles. The molecule has 4 heteroatoms. The summed E-state index contributed by atoms with van der Waals surface area (Å²) in [5.74, 6) is 0.548. The smallest absolute Gasteiger partial charge is 0.373 e. The summed E-state index contributed by atoms with van der Waals surface area (Å²) >= 11 is 0. The molecule has 0 heterocycles. The van der Waals surface area contributed by atoms with Crippen LogP contribution in [-0.2, 0) is 13.3 Å². The Morgan fingerprint density at radius 2 is 1.12 bits per heavy atom. The largest absolute Gasteiger partial charge is 0.501 e. The maximum Gasteiger partial charge on any atom is 0.501 e. The van der Waals surface area contributed by atoms with Gasteiger partial charge in [-0.05, 0) is 25.2 Å². The van der Waals surface area contributed by atoms with Crippen LogP contribution < -0.4 is 0 Å². The second-order valence-corrected chi connectivity index (χ2v) is 7.47. The molecule has 0 radical (unpaired) electrons. The van der Waals surface area contributed by atoms with E-state index in [1.165, 1.54) is 0 Å². The summed E-state index contributed by atoms with van der Waals surface area (Å²) in [4.78, 5) is 0. The van der Waals surface area contributed by atoms with Crippen molar-refractivity contribution in [1.82, 2.24) is 0 Å². The van der Waals surface area contributed by atoms with Crippen LogP contribution in [0, 0.1) is 5.92 Å². The fraction of sp³-hybridized carbons (Fsp3) is 1.00. The third-order valence-corrected chi connectivity index (χ3v) is 5.48. The lowest BCUT2D eigenvalue weighted by molar-refractivity contribution is 0.0564. The van der Waals surface area contributed by atoms with Crippen LogP contribution in [0.5, 0.6) is 0 Å². The fourth-order valence-electron chi connectivity index (χ4n) is 1.57. The molecule has 0 fully saturated rings. The first-order valence-electron chi connectivity index (χ1n) is 7.02. The first-order chi connectivity index (χ1) is 8.10. The predicted molar refractivity (Wildman–Crippen MR) is 74.1 cm³/mol. The monoisotopic (exact) mass is 262 g/mol. The highest BCUT2D eigenvalue weighted by molar-refractivity contribution is 6.60. The molecule has 104 valence electrons. The summed E-state index contributed by atoms with van der Waals surface area (Å²) in [6.07, 6.45) is 3.04. The molecule has 0 aromatic carbocycles. The van der Waals surface area contributed by atoms with Gasteiger partial charge in [0.15, 0.2) is 0 Å². The molecule has 17 heavy (non-hydrogen) atoms. The Kier molecular flexibility index (Phi) is 10.1. The lowest BCUT2D eigenvalue weighted by Gasteiger charge is -2.30. The lowest BCUT2D eigenvalue weighted by Crippen LogP contribution is -2.47. The van der Waals surface area contributed by atoms with Gasteiger partial charge in [0.25, 0.3) is 0 Å². The number of hydrogen-bond acceptors (Lipinski definition) is 3. The Morgan fingerprint density at radius 1 is 0.765 bits per heavy atom. The van der Waals surface area contributed by atoms with Gasteiger partial charge in [0.05, 0.1) is 0 Å². The molecule has 3 nitrogen and oxygen atoms in total. The number of hydrogen-bond donors (Lipinski definition) is 0. The minimum Gasteiger partial charge on any atom is -0.373 e. The van der Waals surface area contributed by atoms with Crippen LogP contribution in [0.4, 0.5) is 0 Å². The molecule has 0 aliphatic heterocycles. The van der Waals surface area contributed by atoms with Crippen LogP contribution in [0.1, 0.15) is 53.9 Å². The van der Waals surface area contributed by atoms with Gasteiger partial charge in [0.1, 0.15) is 0 Å². The summed E-state index contributed by atoms with van der Waals surface area (Å²) < 4.78 is 18.0. The average molecular weight is 262 g/mol. The van der Waals surface area contributed by atoms with Gasteiger partial charge < -0.3 is 13.3 Å². The Morgan fingerprint density at radius 3 is 1.35 bits per heavy atom. The summed E-state index contributed by atoms with van der Waals surface area (Å²) in [5.41, 5.74) is 0. The molecular weight excluding hydrogens is 232 g/mol. The van der Waals surface area contributed by atoms with Crippen LogP contribution in [0.3, 0.4) is 0 Å². The van der Waals surface area contributed by atoms with Gasteiger partial charge in [-0.25, -0.2) is 0 Å². The third kappa shape index (κ3) is 7.92. The molecular formula is C13H30O3Si. The minimum atomic E-state index is -2.42. The van der Waals surface area contributed by atoms with Gasteiger partial charge in [0, 0.05) is 25.9 Å². The van der Waals surface area contributed by atoms with E-state index in [1.54, 1.807) is 0 Å². The van der Waals surface area contributed by atoms with Gasteiger partial charge in [-0.2, -0.15) is 0 Å². The van der Waals surface area contributed by atoms with Crippen molar-refractivity contribution in [2.24, 2.45) is 5.92 Å². The second-order valence-electron chi connectivity index (χ2n) is 4.83. The van der Waals surface area contributed by atoms with E-state index < -0.39 is 8.80 Å². The van der Waals surface area contributed by atoms with Crippen molar-refractivity contribution in [3.05, 3.63) is 0 Å². The minimum absolute atomic E-state index is 0.548. The maximum atomic E-state index is 5.99. The summed E-state index contributed by atoms with van der Waals surface area (Å²) in [5, 5.41) is 0. The maximum absolute atomic E-state index is 5.99. The Balaban J connectivity index is 4.51. The van der Waals surface area contributed by atoms with Crippen LogP contribution >= 0.6 is 0 Å².